The maximum atomic E-state index is 15.3. The first-order chi connectivity index (χ1) is 26.1. The molecule has 1 N–H and O–H groups in total. The summed E-state index contributed by atoms with van der Waals surface area (Å²) in [6, 6.07) is 31.8. The third-order valence-corrected chi connectivity index (χ3v) is 17.0. The SMILES string of the molecule is COc1ccc([Si](C)(C)[C@@H]2[C@@H](CC(=O)N3Cc4ccccc4C[C@H]3CO)O[C@]3(C(=O)N(Cc4cccc(N5CCCC5=O)c4)c4ccccc43)[C@H]2C)cc1. The summed E-state index contributed by atoms with van der Waals surface area (Å²) in [6.07, 6.45) is 1.53. The molecule has 0 saturated carbocycles. The van der Waals surface area contributed by atoms with E-state index in [9.17, 15) is 14.7 Å². The van der Waals surface area contributed by atoms with E-state index in [0.717, 1.165) is 45.8 Å². The second kappa shape index (κ2) is 14.1. The number of aliphatic hydroxyl groups is 1. The fourth-order valence-corrected chi connectivity index (χ4v) is 13.9. The highest BCUT2D eigenvalue weighted by Crippen LogP contribution is 2.60. The van der Waals surface area contributed by atoms with Crippen LogP contribution in [0.4, 0.5) is 11.4 Å². The van der Waals surface area contributed by atoms with Gasteiger partial charge in [-0.2, -0.15) is 0 Å². The summed E-state index contributed by atoms with van der Waals surface area (Å²) < 4.78 is 12.8. The quantitative estimate of drug-likeness (QED) is 0.214. The van der Waals surface area contributed by atoms with Crippen LogP contribution in [0, 0.1) is 5.92 Å². The largest absolute Gasteiger partial charge is 0.497 e. The van der Waals surface area contributed by atoms with Crippen LogP contribution >= 0.6 is 0 Å². The molecule has 10 heteroatoms. The van der Waals surface area contributed by atoms with Crippen molar-refractivity contribution < 1.29 is 29.0 Å². The van der Waals surface area contributed by atoms with Crippen LogP contribution in [0.5, 0.6) is 5.75 Å². The Balaban J connectivity index is 1.17. The molecule has 0 aromatic heterocycles. The van der Waals surface area contributed by atoms with E-state index < -0.39 is 19.8 Å². The number of carbonyl (C=O) groups is 3. The van der Waals surface area contributed by atoms with Crippen LogP contribution < -0.4 is 19.7 Å². The zero-order valence-corrected chi connectivity index (χ0v) is 32.5. The van der Waals surface area contributed by atoms with E-state index in [2.05, 4.69) is 44.3 Å². The molecule has 4 aliphatic rings. The third-order valence-electron chi connectivity index (χ3n) is 12.6. The summed E-state index contributed by atoms with van der Waals surface area (Å²) in [7, 11) is -0.828. The number of amides is 3. The summed E-state index contributed by atoms with van der Waals surface area (Å²) in [5.41, 5.74) is 4.25. The Morgan fingerprint density at radius 1 is 0.963 bits per heavy atom. The van der Waals surface area contributed by atoms with Crippen molar-refractivity contribution >= 4 is 42.4 Å². The van der Waals surface area contributed by atoms with Gasteiger partial charge in [-0.25, -0.2) is 0 Å². The van der Waals surface area contributed by atoms with Gasteiger partial charge in [0.15, 0.2) is 5.60 Å². The Kier molecular flexibility index (Phi) is 9.48. The Bertz CT molecular complexity index is 2090. The van der Waals surface area contributed by atoms with E-state index in [1.807, 2.05) is 87.5 Å². The molecular formula is C44H49N3O6Si. The number of anilines is 2. The lowest BCUT2D eigenvalue weighted by molar-refractivity contribution is -0.151. The molecule has 2 saturated heterocycles. The number of ether oxygens (including phenoxy) is 2. The average molecular weight is 744 g/mol. The number of aliphatic hydroxyl groups excluding tert-OH is 1. The standard InChI is InChI=1S/C44H49N3O6Si/c1-29-42(54(3,4)36-20-18-35(52-2)19-21-36)39(25-41(50)46-27-32-13-6-5-12-31(32)24-34(46)28-48)53-44(29)37-15-7-8-16-38(37)47(43(44)51)26-30-11-9-14-33(23-30)45-22-10-17-40(45)49/h5-9,11-16,18-21,23,29,34,39,42,48H,10,17,22,24-28H2,1-4H3/t29-,34-,39+,42-,44+/m0/s1. The minimum Gasteiger partial charge on any atom is -0.497 e. The van der Waals surface area contributed by atoms with Gasteiger partial charge in [0.25, 0.3) is 5.91 Å². The fourth-order valence-electron chi connectivity index (χ4n) is 9.88. The predicted octanol–water partition coefficient (Wildman–Crippen LogP) is 5.92. The first kappa shape index (κ1) is 36.2. The average Bonchev–Trinajstić information content (AvgIpc) is 3.83. The van der Waals surface area contributed by atoms with Crippen molar-refractivity contribution in [2.75, 3.05) is 30.1 Å². The monoisotopic (exact) mass is 743 g/mol. The molecule has 8 rings (SSSR count). The second-order valence-electron chi connectivity index (χ2n) is 15.9. The number of fused-ring (bicyclic) bond motifs is 3. The van der Waals surface area contributed by atoms with Crippen molar-refractivity contribution in [3.8, 4) is 5.75 Å². The number of nitrogens with zero attached hydrogens (tertiary/aromatic N) is 3. The molecular weight excluding hydrogens is 695 g/mol. The van der Waals surface area contributed by atoms with E-state index in [-0.39, 0.29) is 48.3 Å². The summed E-state index contributed by atoms with van der Waals surface area (Å²) in [6.45, 7) is 8.09. The first-order valence-corrected chi connectivity index (χ1v) is 22.2. The van der Waals surface area contributed by atoms with Gasteiger partial charge >= 0.3 is 0 Å². The molecule has 1 spiro atoms. The number of methoxy groups -OCH3 is 1. The molecule has 4 heterocycles. The van der Waals surface area contributed by atoms with Gasteiger partial charge < -0.3 is 29.3 Å². The molecule has 9 nitrogen and oxygen atoms in total. The van der Waals surface area contributed by atoms with Gasteiger partial charge in [-0.15, -0.1) is 0 Å². The van der Waals surface area contributed by atoms with Gasteiger partial charge in [0.2, 0.25) is 11.8 Å². The number of hydrogen-bond acceptors (Lipinski definition) is 6. The first-order valence-electron chi connectivity index (χ1n) is 19.2. The van der Waals surface area contributed by atoms with Crippen LogP contribution in [0.1, 0.15) is 48.4 Å². The van der Waals surface area contributed by atoms with Gasteiger partial charge in [-0.05, 0) is 65.4 Å². The fraction of sp³-hybridized carbons (Fsp3) is 0.386. The minimum atomic E-state index is -2.49. The number of benzene rings is 4. The summed E-state index contributed by atoms with van der Waals surface area (Å²) >= 11 is 0. The minimum absolute atomic E-state index is 0.0776. The van der Waals surface area contributed by atoms with Crippen molar-refractivity contribution in [3.63, 3.8) is 0 Å². The molecule has 54 heavy (non-hydrogen) atoms. The normalized spacial score (nSPS) is 25.0. The molecule has 280 valence electrons. The third kappa shape index (κ3) is 5.95. The van der Waals surface area contributed by atoms with E-state index in [4.69, 9.17) is 9.47 Å². The Hall–Kier alpha value is -4.77. The van der Waals surface area contributed by atoms with Gasteiger partial charge in [0.1, 0.15) is 5.75 Å². The van der Waals surface area contributed by atoms with Crippen LogP contribution in [0.15, 0.2) is 97.1 Å². The van der Waals surface area contributed by atoms with Crippen LogP contribution in [0.25, 0.3) is 0 Å². The van der Waals surface area contributed by atoms with Crippen molar-refractivity contribution in [2.45, 2.75) is 82.1 Å². The summed E-state index contributed by atoms with van der Waals surface area (Å²) in [4.78, 5) is 47.9. The Morgan fingerprint density at radius 2 is 1.70 bits per heavy atom. The lowest BCUT2D eigenvalue weighted by atomic mass is 9.82. The van der Waals surface area contributed by atoms with Gasteiger partial charge in [0, 0.05) is 36.7 Å². The molecule has 4 aromatic carbocycles. The predicted molar refractivity (Wildman–Crippen MR) is 211 cm³/mol. The highest BCUT2D eigenvalue weighted by atomic mass is 28.3. The highest BCUT2D eigenvalue weighted by Gasteiger charge is 2.66. The van der Waals surface area contributed by atoms with E-state index in [0.29, 0.717) is 32.5 Å². The smallest absolute Gasteiger partial charge is 0.264 e. The van der Waals surface area contributed by atoms with Crippen molar-refractivity contribution in [2.24, 2.45) is 5.92 Å². The molecule has 4 aromatic rings. The topological polar surface area (TPSA) is 99.6 Å². The molecule has 0 bridgehead atoms. The van der Waals surface area contributed by atoms with Crippen LogP contribution in [-0.4, -0.2) is 68.2 Å². The summed E-state index contributed by atoms with van der Waals surface area (Å²) in [5, 5.41) is 11.7. The Labute approximate surface area is 318 Å². The number of rotatable bonds is 9. The van der Waals surface area contributed by atoms with Gasteiger partial charge in [-0.3, -0.25) is 14.4 Å². The summed E-state index contributed by atoms with van der Waals surface area (Å²) in [5.74, 6) is 0.430. The second-order valence-corrected chi connectivity index (χ2v) is 20.6. The maximum Gasteiger partial charge on any atom is 0.264 e. The van der Waals surface area contributed by atoms with E-state index in [1.165, 1.54) is 5.19 Å². The van der Waals surface area contributed by atoms with E-state index in [1.54, 1.807) is 7.11 Å². The maximum absolute atomic E-state index is 15.3. The van der Waals surface area contributed by atoms with Gasteiger partial charge in [0.05, 0.1) is 52.6 Å². The van der Waals surface area contributed by atoms with Crippen molar-refractivity contribution in [1.29, 1.82) is 0 Å². The highest BCUT2D eigenvalue weighted by molar-refractivity contribution is 6.91. The number of para-hydroxylation sites is 1. The Morgan fingerprint density at radius 3 is 2.43 bits per heavy atom. The lowest BCUT2D eigenvalue weighted by Crippen LogP contribution is -2.52. The molecule has 4 aliphatic heterocycles. The van der Waals surface area contributed by atoms with Crippen molar-refractivity contribution in [3.05, 3.63) is 119 Å². The van der Waals surface area contributed by atoms with Crippen LogP contribution in [-0.2, 0) is 44.2 Å². The molecule has 0 unspecified atom stereocenters. The molecule has 2 fully saturated rings. The molecule has 5 atom stereocenters. The number of hydrogen-bond donors (Lipinski definition) is 1. The number of carbonyl (C=O) groups excluding carboxylic acids is 3. The molecule has 0 aliphatic carbocycles. The van der Waals surface area contributed by atoms with Crippen LogP contribution in [0.3, 0.4) is 0 Å². The van der Waals surface area contributed by atoms with Crippen LogP contribution in [0.2, 0.25) is 18.6 Å². The zero-order chi connectivity index (χ0) is 37.8. The van der Waals surface area contributed by atoms with Crippen molar-refractivity contribution in [1.82, 2.24) is 4.90 Å². The lowest BCUT2D eigenvalue weighted by Gasteiger charge is -2.39. The van der Waals surface area contributed by atoms with E-state index >= 15 is 4.79 Å². The van der Waals surface area contributed by atoms with Gasteiger partial charge in [-0.1, -0.05) is 91.9 Å². The molecule has 3 amide bonds. The molecule has 0 radical (unpaired) electrons. The zero-order valence-electron chi connectivity index (χ0n) is 31.5.